The Morgan fingerprint density at radius 2 is 1.51 bits per heavy atom. The van der Waals surface area contributed by atoms with Crippen molar-refractivity contribution in [1.82, 2.24) is 4.90 Å². The number of ether oxygens (including phenoxy) is 8. The minimum Gasteiger partial charge on any atom is -0.460 e. The van der Waals surface area contributed by atoms with Crippen LogP contribution >= 0.6 is 7.37 Å². The molecule has 4 saturated heterocycles. The van der Waals surface area contributed by atoms with Gasteiger partial charge in [-0.15, -0.1) is 0 Å². The zero-order valence-corrected chi connectivity index (χ0v) is 48.8. The van der Waals surface area contributed by atoms with E-state index in [1.54, 1.807) is 40.4 Å². The average molecular weight is 1100 g/mol. The van der Waals surface area contributed by atoms with Crippen molar-refractivity contribution in [2.24, 2.45) is 41.4 Å². The lowest BCUT2D eigenvalue weighted by Gasteiger charge is -2.50. The van der Waals surface area contributed by atoms with Crippen molar-refractivity contribution in [3.63, 3.8) is 0 Å². The molecule has 5 aliphatic heterocycles. The smallest absolute Gasteiger partial charge is 0.329 e. The molecule has 0 aromatic rings. The lowest BCUT2D eigenvalue weighted by atomic mass is 9.68. The fraction of sp³-hybridized carbons (Fsp3) is 0.780. The second-order valence-electron chi connectivity index (χ2n) is 23.4. The lowest BCUT2D eigenvalue weighted by Crippen LogP contribution is -2.65. The molecule has 5 fully saturated rings. The predicted octanol–water partition coefficient (Wildman–Crippen LogP) is 8.18. The van der Waals surface area contributed by atoms with Crippen LogP contribution in [0.3, 0.4) is 0 Å². The topological polar surface area (TPSA) is 209 Å². The van der Waals surface area contributed by atoms with Crippen LogP contribution < -0.4 is 0 Å². The molecular formula is C59H92NO16P. The number of amides is 1. The van der Waals surface area contributed by atoms with Gasteiger partial charge in [-0.05, 0) is 113 Å². The first-order valence-electron chi connectivity index (χ1n) is 28.4. The molecular weight excluding hydrogens is 1010 g/mol. The number of ketones is 3. The second kappa shape index (κ2) is 29.0. The molecule has 0 radical (unpaired) electrons. The van der Waals surface area contributed by atoms with Crippen LogP contribution in [0.15, 0.2) is 47.6 Å². The molecule has 1 N–H and O–H groups in total. The summed E-state index contributed by atoms with van der Waals surface area (Å²) < 4.78 is 67.3. The van der Waals surface area contributed by atoms with Crippen molar-refractivity contribution in [2.75, 3.05) is 67.6 Å². The Morgan fingerprint density at radius 3 is 2.19 bits per heavy atom. The average Bonchev–Trinajstić information content (AvgIpc) is 3.41. The summed E-state index contributed by atoms with van der Waals surface area (Å²) in [5.74, 6) is -8.29. The predicted molar refractivity (Wildman–Crippen MR) is 290 cm³/mol. The Morgan fingerprint density at radius 1 is 0.792 bits per heavy atom. The van der Waals surface area contributed by atoms with Crippen molar-refractivity contribution in [2.45, 2.75) is 186 Å². The summed E-state index contributed by atoms with van der Waals surface area (Å²) in [6.45, 7) is 16.4. The van der Waals surface area contributed by atoms with Gasteiger partial charge < -0.3 is 52.4 Å². The number of aliphatic hydroxyl groups is 1. The maximum Gasteiger partial charge on any atom is 0.329 e. The molecule has 1 saturated carbocycles. The molecule has 434 valence electrons. The highest BCUT2D eigenvalue weighted by molar-refractivity contribution is 7.57. The number of hydrogen-bond acceptors (Lipinski definition) is 16. The quantitative estimate of drug-likeness (QED) is 0.0642. The standard InChI is InChI=1S/C59H92NO16P/c1-36-16-13-12-14-17-37(2)49(73-29-28-72-43-23-26-71-27-24-43)34-44-21-19-41(6)59(66,75-44)56(63)57(64)60-25-15-18-45-46(32-42-20-22-48(51(33-42)68-7)76-77(10,11)67)50(74-58(65)52(45)60)35-47(61)38(3)31-40(5)54(69-8)55(70-9)53(62)39(4)30-36/h12-14,16-17,31,36,38-39,41-46,48-52,54-55,66H,15,18-30,32-35H2,1-11H3/b14-12+,16-13+,37-17+,40-31+/t36-,38-,39-,41-,42+,44+,45-,46?,48-,49-,50+,51-,52?,54-,55+,59-/m1/s1. The summed E-state index contributed by atoms with van der Waals surface area (Å²) in [6.07, 6.45) is 13.8. The monoisotopic (exact) mass is 1100 g/mol. The van der Waals surface area contributed by atoms with Crippen LogP contribution in [0.1, 0.15) is 125 Å². The molecule has 4 bridgehead atoms. The number of carbonyl (C=O) groups excluding carboxylic acids is 5. The first-order valence-corrected chi connectivity index (χ1v) is 31.0. The van der Waals surface area contributed by atoms with E-state index in [4.69, 9.17) is 42.4 Å². The van der Waals surface area contributed by atoms with Crippen molar-refractivity contribution >= 4 is 36.6 Å². The highest BCUT2D eigenvalue weighted by Crippen LogP contribution is 2.48. The van der Waals surface area contributed by atoms with Crippen molar-refractivity contribution in [3.05, 3.63) is 47.6 Å². The van der Waals surface area contributed by atoms with Crippen LogP contribution in [0.2, 0.25) is 0 Å². The van der Waals surface area contributed by atoms with Gasteiger partial charge in [-0.2, -0.15) is 0 Å². The summed E-state index contributed by atoms with van der Waals surface area (Å²) in [7, 11) is 1.77. The van der Waals surface area contributed by atoms with Crippen LogP contribution in [0, 0.1) is 41.4 Å². The third kappa shape index (κ3) is 16.7. The van der Waals surface area contributed by atoms with Gasteiger partial charge in [0.1, 0.15) is 30.1 Å². The fourth-order valence-electron chi connectivity index (χ4n) is 12.8. The number of nitrogens with zero attached hydrogens (tertiary/aromatic N) is 1. The third-order valence-corrected chi connectivity index (χ3v) is 17.9. The second-order valence-corrected chi connectivity index (χ2v) is 26.1. The molecule has 1 amide bonds. The Kier molecular flexibility index (Phi) is 23.7. The van der Waals surface area contributed by atoms with Gasteiger partial charge in [-0.25, -0.2) is 4.79 Å². The van der Waals surface area contributed by atoms with Crippen LogP contribution in [0.4, 0.5) is 0 Å². The Bertz CT molecular complexity index is 2180. The molecule has 1 aliphatic carbocycles. The van der Waals surface area contributed by atoms with E-state index in [-0.39, 0.29) is 73.6 Å². The van der Waals surface area contributed by atoms with E-state index in [0.29, 0.717) is 83.2 Å². The van der Waals surface area contributed by atoms with Crippen LogP contribution in [0.25, 0.3) is 0 Å². The number of allylic oxidation sites excluding steroid dienone is 6. The zero-order chi connectivity index (χ0) is 56.2. The highest BCUT2D eigenvalue weighted by atomic mass is 31.2. The van der Waals surface area contributed by atoms with Gasteiger partial charge >= 0.3 is 5.97 Å². The maximum absolute atomic E-state index is 14.8. The van der Waals surface area contributed by atoms with Gasteiger partial charge in [-0.3, -0.25) is 23.7 Å². The lowest BCUT2D eigenvalue weighted by molar-refractivity contribution is -0.266. The summed E-state index contributed by atoms with van der Waals surface area (Å²) in [5, 5.41) is 12.4. The van der Waals surface area contributed by atoms with Crippen LogP contribution in [-0.2, 0) is 71.0 Å². The molecule has 2 unspecified atom stereocenters. The fourth-order valence-corrected chi connectivity index (χ4v) is 13.7. The highest BCUT2D eigenvalue weighted by Gasteiger charge is 2.57. The number of hydrogen-bond donors (Lipinski definition) is 1. The maximum atomic E-state index is 14.8. The first-order chi connectivity index (χ1) is 36.6. The van der Waals surface area contributed by atoms with Gasteiger partial charge in [0.25, 0.3) is 11.7 Å². The van der Waals surface area contributed by atoms with Gasteiger partial charge in [0, 0.05) is 90.9 Å². The Balaban J connectivity index is 1.34. The van der Waals surface area contributed by atoms with E-state index in [0.717, 1.165) is 18.4 Å². The van der Waals surface area contributed by atoms with Crippen LogP contribution in [-0.4, -0.2) is 168 Å². The van der Waals surface area contributed by atoms with E-state index in [9.17, 15) is 33.6 Å². The first kappa shape index (κ1) is 63.0. The molecule has 6 aliphatic rings. The summed E-state index contributed by atoms with van der Waals surface area (Å²) in [5.41, 5.74) is 1.52. The molecule has 0 aromatic carbocycles. The van der Waals surface area contributed by atoms with Crippen LogP contribution in [0.5, 0.6) is 0 Å². The van der Waals surface area contributed by atoms with Crippen molar-refractivity contribution in [1.29, 1.82) is 0 Å². The zero-order valence-electron chi connectivity index (χ0n) is 47.9. The summed E-state index contributed by atoms with van der Waals surface area (Å²) in [4.78, 5) is 73.9. The molecule has 5 heterocycles. The minimum atomic E-state index is -2.83. The molecule has 17 nitrogen and oxygen atoms in total. The van der Waals surface area contributed by atoms with E-state index in [2.05, 4.69) is 0 Å². The molecule has 0 spiro atoms. The van der Waals surface area contributed by atoms with Gasteiger partial charge in [0.2, 0.25) is 5.79 Å². The van der Waals surface area contributed by atoms with Gasteiger partial charge in [0.05, 0.1) is 43.7 Å². The molecule has 6 rings (SSSR count). The number of esters is 1. The minimum absolute atomic E-state index is 0.0296. The van der Waals surface area contributed by atoms with Crippen molar-refractivity contribution < 1.29 is 76.1 Å². The summed E-state index contributed by atoms with van der Waals surface area (Å²) in [6, 6.07) is -1.15. The van der Waals surface area contributed by atoms with E-state index < -0.39 is 91.0 Å². The number of methoxy groups -OCH3 is 3. The number of rotatable bonds is 12. The Hall–Kier alpha value is -3.22. The molecule has 0 aromatic heterocycles. The molecule has 77 heavy (non-hydrogen) atoms. The normalized spacial score (nSPS) is 39.6. The number of carbonyl (C=O) groups is 5. The van der Waals surface area contributed by atoms with Crippen molar-refractivity contribution in [3.8, 4) is 0 Å². The van der Waals surface area contributed by atoms with E-state index in [1.807, 2.05) is 58.1 Å². The van der Waals surface area contributed by atoms with E-state index in [1.165, 1.54) is 19.1 Å². The number of piperidine rings is 1. The van der Waals surface area contributed by atoms with Gasteiger partial charge in [-0.1, -0.05) is 64.2 Å². The largest absolute Gasteiger partial charge is 0.460 e. The molecule has 16 atom stereocenters. The molecule has 18 heteroatoms. The summed E-state index contributed by atoms with van der Waals surface area (Å²) >= 11 is 0. The third-order valence-electron chi connectivity index (χ3n) is 17.1. The van der Waals surface area contributed by atoms with E-state index >= 15 is 0 Å². The Labute approximate surface area is 458 Å². The number of fused-ring (bicyclic) bond motifs is 4. The SMILES string of the molecule is CO[C@@H]1/C(C)=C/[C@@H](C)C(=O)C[C@@H]2OC(=O)C3[C@H](CCCN3C(=O)C(=O)[C@]3(O)O[C@@H](CC[C@H]3C)C[C@@H](OCCOC3CCOCC3)/C(C)=C/C=C/C=C/[C@@H](C)C[C@@H](C)C(=O)[C@@H]1OC)C2C[C@@H]1CC[C@@H](OP(C)(C)=O)[C@H](OC)C1. The number of Topliss-reactive ketones (excluding diaryl/α,β-unsaturated/α-hetero) is 3. The van der Waals surface area contributed by atoms with Gasteiger partial charge in [0.15, 0.2) is 13.2 Å².